The van der Waals surface area contributed by atoms with Crippen molar-refractivity contribution in [3.63, 3.8) is 0 Å². The summed E-state index contributed by atoms with van der Waals surface area (Å²) in [5, 5.41) is 0. The number of rotatable bonds is 5. The third-order valence-electron chi connectivity index (χ3n) is 2.17. The molecule has 1 aromatic rings. The monoisotopic (exact) mass is 197 g/mol. The first kappa shape index (κ1) is 11.0. The van der Waals surface area contributed by atoms with Gasteiger partial charge in [0.15, 0.2) is 0 Å². The molecule has 1 rings (SSSR count). The molecule has 0 aromatic carbocycles. The van der Waals surface area contributed by atoms with Gasteiger partial charge in [0.05, 0.1) is 0 Å². The van der Waals surface area contributed by atoms with Gasteiger partial charge in [-0.2, -0.15) is 0 Å². The van der Waals surface area contributed by atoms with Crippen LogP contribution >= 0.6 is 0 Å². The van der Waals surface area contributed by atoms with Crippen LogP contribution in [-0.4, -0.2) is 34.7 Å². The van der Waals surface area contributed by atoms with E-state index in [1.54, 1.807) is 9.13 Å². The molecule has 0 atom stereocenters. The number of aryl methyl sites for hydroxylation is 1. The summed E-state index contributed by atoms with van der Waals surface area (Å²) in [7, 11) is 4.02. The Kier molecular flexibility index (Phi) is 3.95. The molecule has 0 amide bonds. The summed E-state index contributed by atoms with van der Waals surface area (Å²) in [4.78, 5) is 13.8. The Morgan fingerprint density at radius 2 is 1.79 bits per heavy atom. The van der Waals surface area contributed by atoms with Gasteiger partial charge in [0.2, 0.25) is 0 Å². The van der Waals surface area contributed by atoms with Crippen LogP contribution in [-0.2, 0) is 13.1 Å². The van der Waals surface area contributed by atoms with E-state index in [9.17, 15) is 4.79 Å². The van der Waals surface area contributed by atoms with E-state index in [1.807, 2.05) is 26.5 Å². The van der Waals surface area contributed by atoms with Crippen molar-refractivity contribution in [2.45, 2.75) is 26.4 Å². The molecule has 0 fully saturated rings. The maximum absolute atomic E-state index is 11.7. The summed E-state index contributed by atoms with van der Waals surface area (Å²) < 4.78 is 3.52. The van der Waals surface area contributed by atoms with Gasteiger partial charge in [-0.3, -0.25) is 9.13 Å². The first-order valence-corrected chi connectivity index (χ1v) is 5.05. The molecule has 0 radical (unpaired) electrons. The maximum Gasteiger partial charge on any atom is 0.328 e. The van der Waals surface area contributed by atoms with Crippen LogP contribution in [0.4, 0.5) is 0 Å². The van der Waals surface area contributed by atoms with Crippen molar-refractivity contribution >= 4 is 0 Å². The molecule has 0 saturated heterocycles. The highest BCUT2D eigenvalue weighted by Crippen LogP contribution is 1.89. The summed E-state index contributed by atoms with van der Waals surface area (Å²) in [5.74, 6) is 0. The van der Waals surface area contributed by atoms with E-state index < -0.39 is 0 Å². The molecule has 1 aromatic heterocycles. The van der Waals surface area contributed by atoms with Gasteiger partial charge >= 0.3 is 5.69 Å². The Hall–Kier alpha value is -1.03. The molecule has 0 spiro atoms. The fourth-order valence-electron chi connectivity index (χ4n) is 1.34. The molecule has 4 nitrogen and oxygen atoms in total. The quantitative estimate of drug-likeness (QED) is 0.692. The lowest BCUT2D eigenvalue weighted by Crippen LogP contribution is -2.28. The Balaban J connectivity index is 2.65. The first-order valence-electron chi connectivity index (χ1n) is 5.05. The third kappa shape index (κ3) is 2.73. The number of hydrogen-bond donors (Lipinski definition) is 0. The van der Waals surface area contributed by atoms with E-state index in [0.29, 0.717) is 0 Å². The van der Waals surface area contributed by atoms with Gasteiger partial charge in [0, 0.05) is 32.0 Å². The lowest BCUT2D eigenvalue weighted by molar-refractivity contribution is 0.379. The van der Waals surface area contributed by atoms with Crippen LogP contribution in [0.25, 0.3) is 0 Å². The minimum Gasteiger partial charge on any atom is -0.308 e. The van der Waals surface area contributed by atoms with Gasteiger partial charge in [-0.25, -0.2) is 4.79 Å². The maximum atomic E-state index is 11.7. The molecule has 0 aliphatic carbocycles. The van der Waals surface area contributed by atoms with E-state index in [2.05, 4.69) is 11.8 Å². The molecular weight excluding hydrogens is 178 g/mol. The Bertz CT molecular complexity index is 324. The Morgan fingerprint density at radius 1 is 1.21 bits per heavy atom. The van der Waals surface area contributed by atoms with Crippen molar-refractivity contribution in [3.8, 4) is 0 Å². The predicted octanol–water partition coefficient (Wildman–Crippen LogP) is 0.621. The summed E-state index contributed by atoms with van der Waals surface area (Å²) >= 11 is 0. The molecule has 1 heterocycles. The van der Waals surface area contributed by atoms with Crippen molar-refractivity contribution in [2.75, 3.05) is 20.6 Å². The topological polar surface area (TPSA) is 30.2 Å². The normalized spacial score (nSPS) is 11.1. The lowest BCUT2D eigenvalue weighted by atomic mass is 10.5. The van der Waals surface area contributed by atoms with Crippen LogP contribution in [0.1, 0.15) is 13.3 Å². The van der Waals surface area contributed by atoms with Gasteiger partial charge in [0.25, 0.3) is 0 Å². The second-order valence-electron chi connectivity index (χ2n) is 3.77. The molecule has 0 unspecified atom stereocenters. The molecular formula is C10H19N3O. The minimum atomic E-state index is 0.105. The third-order valence-corrected chi connectivity index (χ3v) is 2.17. The van der Waals surface area contributed by atoms with Crippen LogP contribution in [0, 0.1) is 0 Å². The number of aromatic nitrogens is 2. The van der Waals surface area contributed by atoms with Crippen molar-refractivity contribution in [2.24, 2.45) is 0 Å². The summed E-state index contributed by atoms with van der Waals surface area (Å²) in [5.41, 5.74) is 0.105. The van der Waals surface area contributed by atoms with E-state index in [0.717, 1.165) is 26.1 Å². The number of likely N-dealkylation sites (N-methyl/N-ethyl adjacent to an activating group) is 1. The van der Waals surface area contributed by atoms with E-state index in [-0.39, 0.29) is 5.69 Å². The second-order valence-corrected chi connectivity index (χ2v) is 3.77. The lowest BCUT2D eigenvalue weighted by Gasteiger charge is -2.08. The van der Waals surface area contributed by atoms with Crippen LogP contribution in [0.2, 0.25) is 0 Å². The number of nitrogens with zero attached hydrogens (tertiary/aromatic N) is 3. The smallest absolute Gasteiger partial charge is 0.308 e. The number of hydrogen-bond acceptors (Lipinski definition) is 2. The fourth-order valence-corrected chi connectivity index (χ4v) is 1.34. The Labute approximate surface area is 84.8 Å². The molecule has 0 aliphatic rings. The average molecular weight is 197 g/mol. The highest BCUT2D eigenvalue weighted by Gasteiger charge is 2.01. The molecule has 0 aliphatic heterocycles. The summed E-state index contributed by atoms with van der Waals surface area (Å²) in [6.45, 7) is 4.55. The molecule has 80 valence electrons. The van der Waals surface area contributed by atoms with Gasteiger partial charge in [-0.1, -0.05) is 6.92 Å². The van der Waals surface area contributed by atoms with Crippen molar-refractivity contribution in [1.29, 1.82) is 0 Å². The largest absolute Gasteiger partial charge is 0.328 e. The molecule has 0 saturated carbocycles. The second kappa shape index (κ2) is 5.00. The highest BCUT2D eigenvalue weighted by atomic mass is 16.1. The van der Waals surface area contributed by atoms with Crippen LogP contribution in [0.15, 0.2) is 17.2 Å². The van der Waals surface area contributed by atoms with Gasteiger partial charge in [-0.05, 0) is 20.5 Å². The Morgan fingerprint density at radius 3 is 2.29 bits per heavy atom. The zero-order chi connectivity index (χ0) is 10.6. The number of imidazole rings is 1. The predicted molar refractivity (Wildman–Crippen MR) is 57.5 cm³/mol. The molecule has 0 N–H and O–H groups in total. The van der Waals surface area contributed by atoms with Crippen LogP contribution in [0.5, 0.6) is 0 Å². The summed E-state index contributed by atoms with van der Waals surface area (Å²) in [6, 6.07) is 0. The van der Waals surface area contributed by atoms with Gasteiger partial charge < -0.3 is 4.90 Å². The average Bonchev–Trinajstić information content (AvgIpc) is 2.46. The molecule has 14 heavy (non-hydrogen) atoms. The molecule has 4 heteroatoms. The highest BCUT2D eigenvalue weighted by molar-refractivity contribution is 4.81. The standard InChI is InChI=1S/C10H19N3O/c1-4-5-12-8-9-13(10(12)14)7-6-11(2)3/h8-9H,4-7H2,1-3H3. The van der Waals surface area contributed by atoms with Crippen molar-refractivity contribution < 1.29 is 0 Å². The van der Waals surface area contributed by atoms with Crippen molar-refractivity contribution in [1.82, 2.24) is 14.0 Å². The minimum absolute atomic E-state index is 0.105. The van der Waals surface area contributed by atoms with Crippen molar-refractivity contribution in [3.05, 3.63) is 22.9 Å². The fraction of sp³-hybridized carbons (Fsp3) is 0.700. The van der Waals surface area contributed by atoms with Crippen LogP contribution in [0.3, 0.4) is 0 Å². The van der Waals surface area contributed by atoms with Crippen LogP contribution < -0.4 is 5.69 Å². The zero-order valence-electron chi connectivity index (χ0n) is 9.23. The summed E-state index contributed by atoms with van der Waals surface area (Å²) in [6.07, 6.45) is 4.72. The zero-order valence-corrected chi connectivity index (χ0v) is 9.23. The van der Waals surface area contributed by atoms with E-state index in [4.69, 9.17) is 0 Å². The van der Waals surface area contributed by atoms with E-state index >= 15 is 0 Å². The SMILES string of the molecule is CCCn1ccn(CCN(C)C)c1=O. The molecule has 0 bridgehead atoms. The van der Waals surface area contributed by atoms with Gasteiger partial charge in [-0.15, -0.1) is 0 Å². The first-order chi connectivity index (χ1) is 6.65. The van der Waals surface area contributed by atoms with E-state index in [1.165, 1.54) is 0 Å². The van der Waals surface area contributed by atoms with Gasteiger partial charge in [0.1, 0.15) is 0 Å².